The van der Waals surface area contributed by atoms with Gasteiger partial charge in [0, 0.05) is 12.4 Å². The molecule has 8 nitrogen and oxygen atoms in total. The van der Waals surface area contributed by atoms with E-state index < -0.39 is 11.8 Å². The van der Waals surface area contributed by atoms with Gasteiger partial charge in [-0.25, -0.2) is 0 Å². The van der Waals surface area contributed by atoms with Crippen molar-refractivity contribution < 1.29 is 44.2 Å². The first-order chi connectivity index (χ1) is 12.7. The average molecular weight is 373 g/mol. The number of methoxy groups -OCH3 is 1. The minimum atomic E-state index is -0.680. The van der Waals surface area contributed by atoms with Crippen LogP contribution in [0.5, 0.6) is 11.6 Å². The maximum Gasteiger partial charge on any atom is 1.00 e. The summed E-state index contributed by atoms with van der Waals surface area (Å²) in [5.74, 6) is -0.560. The molecule has 0 radical (unpaired) electrons. The second kappa shape index (κ2) is 9.86. The first-order valence-corrected chi connectivity index (χ1v) is 7.80. The van der Waals surface area contributed by atoms with Crippen molar-refractivity contribution in [3.63, 3.8) is 0 Å². The number of nitrogens with zero attached hydrogens (tertiary/aromatic N) is 4. The molecule has 0 aliphatic carbocycles. The van der Waals surface area contributed by atoms with Crippen molar-refractivity contribution in [3.05, 3.63) is 71.4 Å². The van der Waals surface area contributed by atoms with Gasteiger partial charge < -0.3 is 15.2 Å². The summed E-state index contributed by atoms with van der Waals surface area (Å²) >= 11 is 0. The van der Waals surface area contributed by atoms with E-state index in [0.717, 1.165) is 15.9 Å². The van der Waals surface area contributed by atoms with Gasteiger partial charge in [-0.05, 0) is 40.6 Å². The zero-order chi connectivity index (χ0) is 18.4. The van der Waals surface area contributed by atoms with Crippen LogP contribution in [0, 0.1) is 0 Å². The molecular formula is C18H16N5NaO3. The van der Waals surface area contributed by atoms with Crippen LogP contribution >= 0.6 is 0 Å². The molecule has 1 amide bonds. The number of hydrogen-bond acceptors (Lipinski definition) is 6. The fraction of sp³-hybridized carbons (Fsp3) is 0.111. The van der Waals surface area contributed by atoms with Crippen LogP contribution in [0.15, 0.2) is 59.7 Å². The monoisotopic (exact) mass is 373 g/mol. The molecule has 0 fully saturated rings. The van der Waals surface area contributed by atoms with Gasteiger partial charge in [0.15, 0.2) is 5.69 Å². The molecular weight excluding hydrogens is 357 g/mol. The molecule has 27 heavy (non-hydrogen) atoms. The first kappa shape index (κ1) is 20.6. The van der Waals surface area contributed by atoms with E-state index >= 15 is 0 Å². The van der Waals surface area contributed by atoms with Crippen LogP contribution in [0.4, 0.5) is 0 Å². The number of benzene rings is 2. The van der Waals surface area contributed by atoms with Crippen molar-refractivity contribution in [2.45, 2.75) is 6.54 Å². The molecule has 132 valence electrons. The number of nitrogens with one attached hydrogen (secondary N) is 1. The van der Waals surface area contributed by atoms with Crippen LogP contribution in [0.1, 0.15) is 21.6 Å². The molecule has 0 saturated heterocycles. The van der Waals surface area contributed by atoms with Crippen LogP contribution in [0.3, 0.4) is 0 Å². The van der Waals surface area contributed by atoms with Gasteiger partial charge in [0.25, 0.3) is 5.91 Å². The standard InChI is InChI=1S/C18H17N5O3.Na/c1-26-15-9-7-14(8-10-15)12-20-23-18(25)16(21-22-23)17(24)19-11-13-5-3-2-4-6-13;/h2-10,12,25H,11H2,1H3,(H,19,24);/q;+1/p-1/b20-12-;. The summed E-state index contributed by atoms with van der Waals surface area (Å²) in [6.07, 6.45) is 1.45. The maximum absolute atomic E-state index is 12.2. The van der Waals surface area contributed by atoms with Crippen molar-refractivity contribution in [1.82, 2.24) is 20.4 Å². The molecule has 0 bridgehead atoms. The van der Waals surface area contributed by atoms with Crippen LogP contribution in [-0.4, -0.2) is 34.3 Å². The van der Waals surface area contributed by atoms with E-state index in [1.54, 1.807) is 31.4 Å². The topological polar surface area (TPSA) is 104 Å². The van der Waals surface area contributed by atoms with E-state index in [1.165, 1.54) is 6.21 Å². The summed E-state index contributed by atoms with van der Waals surface area (Å²) in [6.45, 7) is 0.293. The fourth-order valence-corrected chi connectivity index (χ4v) is 2.16. The molecule has 0 aliphatic rings. The number of carbonyl (C=O) groups excluding carboxylic acids is 1. The molecule has 0 aliphatic heterocycles. The van der Waals surface area contributed by atoms with Gasteiger partial charge >= 0.3 is 29.6 Å². The van der Waals surface area contributed by atoms with Crippen LogP contribution in [0.25, 0.3) is 0 Å². The molecule has 0 saturated carbocycles. The molecule has 0 spiro atoms. The summed E-state index contributed by atoms with van der Waals surface area (Å²) in [5, 5.41) is 26.0. The van der Waals surface area contributed by atoms with E-state index in [0.29, 0.717) is 12.3 Å². The van der Waals surface area contributed by atoms with E-state index in [-0.39, 0.29) is 35.3 Å². The summed E-state index contributed by atoms with van der Waals surface area (Å²) in [4.78, 5) is 12.9. The van der Waals surface area contributed by atoms with Crippen molar-refractivity contribution in [3.8, 4) is 11.6 Å². The van der Waals surface area contributed by atoms with Crippen LogP contribution in [0.2, 0.25) is 0 Å². The van der Waals surface area contributed by atoms with Crippen LogP contribution in [-0.2, 0) is 6.54 Å². The van der Waals surface area contributed by atoms with Gasteiger partial charge in [-0.1, -0.05) is 30.3 Å². The van der Waals surface area contributed by atoms with Crippen molar-refractivity contribution >= 4 is 12.1 Å². The predicted molar refractivity (Wildman–Crippen MR) is 93.1 cm³/mol. The van der Waals surface area contributed by atoms with Crippen molar-refractivity contribution in [2.75, 3.05) is 7.11 Å². The van der Waals surface area contributed by atoms with Gasteiger partial charge in [0.05, 0.1) is 13.3 Å². The Morgan fingerprint density at radius 3 is 2.59 bits per heavy atom. The molecule has 1 aromatic heterocycles. The van der Waals surface area contributed by atoms with Gasteiger partial charge in [0.1, 0.15) is 5.75 Å². The zero-order valence-electron chi connectivity index (χ0n) is 15.0. The quantitative estimate of drug-likeness (QED) is 0.405. The number of amides is 1. The Morgan fingerprint density at radius 2 is 1.93 bits per heavy atom. The third kappa shape index (κ3) is 5.40. The molecule has 0 unspecified atom stereocenters. The third-order valence-corrected chi connectivity index (χ3v) is 3.56. The Kier molecular flexibility index (Phi) is 7.54. The van der Waals surface area contributed by atoms with Crippen LogP contribution < -0.4 is 44.7 Å². The summed E-state index contributed by atoms with van der Waals surface area (Å²) < 4.78 is 5.07. The van der Waals surface area contributed by atoms with E-state index in [4.69, 9.17) is 4.74 Å². The number of aromatic nitrogens is 3. The zero-order valence-corrected chi connectivity index (χ0v) is 17.0. The minimum absolute atomic E-state index is 0. The number of ether oxygens (including phenoxy) is 1. The van der Waals surface area contributed by atoms with Gasteiger partial charge in [-0.3, -0.25) is 4.79 Å². The molecule has 2 aromatic carbocycles. The summed E-state index contributed by atoms with van der Waals surface area (Å²) in [5.41, 5.74) is 1.36. The molecule has 0 atom stereocenters. The summed E-state index contributed by atoms with van der Waals surface area (Å²) in [7, 11) is 1.58. The Morgan fingerprint density at radius 1 is 1.22 bits per heavy atom. The van der Waals surface area contributed by atoms with Gasteiger partial charge in [-0.15, -0.1) is 9.89 Å². The smallest absolute Gasteiger partial charge is 0.856 e. The Labute approximate surface area is 178 Å². The second-order valence-electron chi connectivity index (χ2n) is 5.32. The maximum atomic E-state index is 12.2. The number of hydrogen-bond donors (Lipinski definition) is 1. The Balaban J connectivity index is 0.00000261. The second-order valence-corrected chi connectivity index (χ2v) is 5.32. The molecule has 1 N–H and O–H groups in total. The fourth-order valence-electron chi connectivity index (χ4n) is 2.16. The SMILES string of the molecule is COc1ccc(/C=N\n2nnc(C(=O)NCc3ccccc3)c2[O-])cc1.[Na+]. The normalized spacial score (nSPS) is 10.4. The molecule has 3 aromatic rings. The van der Waals surface area contributed by atoms with E-state index in [9.17, 15) is 9.90 Å². The number of rotatable bonds is 6. The van der Waals surface area contributed by atoms with Gasteiger partial charge in [-0.2, -0.15) is 5.10 Å². The van der Waals surface area contributed by atoms with Gasteiger partial charge in [0.2, 0.25) is 0 Å². The summed E-state index contributed by atoms with van der Waals surface area (Å²) in [6, 6.07) is 16.4. The molecule has 9 heteroatoms. The molecule has 1 heterocycles. The van der Waals surface area contributed by atoms with Crippen molar-refractivity contribution in [2.24, 2.45) is 5.10 Å². The van der Waals surface area contributed by atoms with E-state index in [1.807, 2.05) is 30.3 Å². The minimum Gasteiger partial charge on any atom is -0.856 e. The predicted octanol–water partition coefficient (Wildman–Crippen LogP) is -1.82. The Bertz CT molecular complexity index is 911. The number of carbonyl (C=O) groups is 1. The largest absolute Gasteiger partial charge is 1.00 e. The Hall–Kier alpha value is -2.68. The molecule has 3 rings (SSSR count). The van der Waals surface area contributed by atoms with Crippen molar-refractivity contribution in [1.29, 1.82) is 0 Å². The third-order valence-electron chi connectivity index (χ3n) is 3.56. The van der Waals surface area contributed by atoms with E-state index in [2.05, 4.69) is 20.7 Å². The average Bonchev–Trinajstić information content (AvgIpc) is 3.06. The first-order valence-electron chi connectivity index (χ1n) is 7.80.